The molecular weight excluding hydrogens is 184 g/mol. The van der Waals surface area contributed by atoms with Crippen molar-refractivity contribution in [1.29, 1.82) is 0 Å². The topological polar surface area (TPSA) is 9.23 Å². The maximum Gasteiger partial charge on any atom is 0.0761 e. The summed E-state index contributed by atoms with van der Waals surface area (Å²) in [4.78, 5) is 0. The molecule has 3 rings (SSSR count). The van der Waals surface area contributed by atoms with Gasteiger partial charge in [-0.15, -0.1) is 6.58 Å². The SMILES string of the molecule is C=CCC1=CC2(C)C=CC1C(C)(OC)C2. The van der Waals surface area contributed by atoms with Gasteiger partial charge in [-0.05, 0) is 19.8 Å². The summed E-state index contributed by atoms with van der Waals surface area (Å²) in [5.74, 6) is 0.433. The number of fused-ring (bicyclic) bond motifs is 1. The molecular formula is C14H20O. The molecule has 3 unspecified atom stereocenters. The number of ether oxygens (including phenoxy) is 1. The van der Waals surface area contributed by atoms with Crippen LogP contribution in [-0.4, -0.2) is 12.7 Å². The van der Waals surface area contributed by atoms with Crippen LogP contribution in [0.5, 0.6) is 0 Å². The van der Waals surface area contributed by atoms with Gasteiger partial charge in [0.15, 0.2) is 0 Å². The Labute approximate surface area is 92.5 Å². The van der Waals surface area contributed by atoms with Gasteiger partial charge in [0.25, 0.3) is 0 Å². The average Bonchev–Trinajstić information content (AvgIpc) is 2.17. The Morgan fingerprint density at radius 3 is 2.87 bits per heavy atom. The second-order valence-corrected chi connectivity index (χ2v) is 5.25. The fourth-order valence-corrected chi connectivity index (χ4v) is 3.12. The van der Waals surface area contributed by atoms with Crippen molar-refractivity contribution in [2.45, 2.75) is 32.3 Å². The summed E-state index contributed by atoms with van der Waals surface area (Å²) in [6, 6.07) is 0. The first kappa shape index (κ1) is 10.7. The molecule has 0 saturated carbocycles. The summed E-state index contributed by atoms with van der Waals surface area (Å²) in [7, 11) is 1.82. The number of hydrogen-bond acceptors (Lipinski definition) is 1. The van der Waals surface area contributed by atoms with Crippen molar-refractivity contribution in [1.82, 2.24) is 0 Å². The number of hydrogen-bond donors (Lipinski definition) is 0. The van der Waals surface area contributed by atoms with E-state index in [0.717, 1.165) is 12.8 Å². The van der Waals surface area contributed by atoms with Crippen molar-refractivity contribution in [2.24, 2.45) is 11.3 Å². The molecule has 1 nitrogen and oxygen atoms in total. The molecule has 0 saturated heterocycles. The van der Waals surface area contributed by atoms with Crippen LogP contribution in [0.1, 0.15) is 26.7 Å². The van der Waals surface area contributed by atoms with Gasteiger partial charge in [0, 0.05) is 18.4 Å². The molecule has 0 aromatic carbocycles. The lowest BCUT2D eigenvalue weighted by atomic mass is 9.60. The highest BCUT2D eigenvalue weighted by Crippen LogP contribution is 2.51. The summed E-state index contributed by atoms with van der Waals surface area (Å²) in [6.45, 7) is 8.32. The molecule has 82 valence electrons. The van der Waals surface area contributed by atoms with Gasteiger partial charge in [0.2, 0.25) is 0 Å². The van der Waals surface area contributed by atoms with E-state index < -0.39 is 0 Å². The first-order chi connectivity index (χ1) is 7.03. The standard InChI is InChI=1S/C14H20O/c1-5-6-11-9-13(2)8-7-12(11)14(3,10-13)15-4/h5,7-9,12H,1,6,10H2,2-4H3. The quantitative estimate of drug-likeness (QED) is 0.639. The van der Waals surface area contributed by atoms with Crippen molar-refractivity contribution >= 4 is 0 Å². The highest BCUT2D eigenvalue weighted by Gasteiger charge is 2.47. The van der Waals surface area contributed by atoms with Gasteiger partial charge in [-0.1, -0.05) is 36.8 Å². The van der Waals surface area contributed by atoms with E-state index in [1.54, 1.807) is 0 Å². The lowest BCUT2D eigenvalue weighted by Gasteiger charge is -2.49. The minimum atomic E-state index is -0.0312. The van der Waals surface area contributed by atoms with Crippen LogP contribution < -0.4 is 0 Å². The molecule has 0 aromatic rings. The first-order valence-electron chi connectivity index (χ1n) is 5.60. The van der Waals surface area contributed by atoms with Crippen LogP contribution in [0, 0.1) is 11.3 Å². The summed E-state index contributed by atoms with van der Waals surface area (Å²) in [5.41, 5.74) is 1.61. The summed E-state index contributed by atoms with van der Waals surface area (Å²) >= 11 is 0. The third kappa shape index (κ3) is 1.59. The average molecular weight is 204 g/mol. The van der Waals surface area contributed by atoms with Gasteiger partial charge in [0.1, 0.15) is 0 Å². The third-order valence-corrected chi connectivity index (χ3v) is 3.82. The first-order valence-corrected chi connectivity index (χ1v) is 5.60. The Morgan fingerprint density at radius 2 is 2.33 bits per heavy atom. The molecule has 0 aromatic heterocycles. The van der Waals surface area contributed by atoms with Crippen LogP contribution in [0.3, 0.4) is 0 Å². The smallest absolute Gasteiger partial charge is 0.0761 e. The summed E-state index contributed by atoms with van der Waals surface area (Å²) < 4.78 is 5.73. The van der Waals surface area contributed by atoms with E-state index in [1.807, 2.05) is 13.2 Å². The lowest BCUT2D eigenvalue weighted by Crippen LogP contribution is -2.47. The maximum atomic E-state index is 5.73. The van der Waals surface area contributed by atoms with Crippen LogP contribution in [0.25, 0.3) is 0 Å². The van der Waals surface area contributed by atoms with E-state index in [1.165, 1.54) is 5.57 Å². The Morgan fingerprint density at radius 1 is 1.60 bits per heavy atom. The van der Waals surface area contributed by atoms with E-state index in [0.29, 0.717) is 5.92 Å². The largest absolute Gasteiger partial charge is 0.378 e. The van der Waals surface area contributed by atoms with Crippen molar-refractivity contribution < 1.29 is 4.74 Å². The molecule has 2 bridgehead atoms. The maximum absolute atomic E-state index is 5.73. The van der Waals surface area contributed by atoms with Gasteiger partial charge >= 0.3 is 0 Å². The van der Waals surface area contributed by atoms with Crippen LogP contribution in [0.15, 0.2) is 36.5 Å². The summed E-state index contributed by atoms with van der Waals surface area (Å²) in [6.07, 6.45) is 11.1. The van der Waals surface area contributed by atoms with E-state index in [-0.39, 0.29) is 11.0 Å². The number of allylic oxidation sites excluding steroid dienone is 3. The monoisotopic (exact) mass is 204 g/mol. The highest BCUT2D eigenvalue weighted by atomic mass is 16.5. The molecule has 0 heterocycles. The van der Waals surface area contributed by atoms with E-state index in [4.69, 9.17) is 4.74 Å². The molecule has 3 atom stereocenters. The van der Waals surface area contributed by atoms with E-state index in [9.17, 15) is 0 Å². The number of rotatable bonds is 3. The van der Waals surface area contributed by atoms with E-state index >= 15 is 0 Å². The molecule has 0 amide bonds. The van der Waals surface area contributed by atoms with Gasteiger partial charge < -0.3 is 4.74 Å². The Hall–Kier alpha value is -0.820. The predicted molar refractivity (Wildman–Crippen MR) is 63.7 cm³/mol. The molecule has 15 heavy (non-hydrogen) atoms. The second kappa shape index (κ2) is 3.34. The molecule has 3 aliphatic rings. The molecule has 0 radical (unpaired) electrons. The van der Waals surface area contributed by atoms with Gasteiger partial charge in [0.05, 0.1) is 5.60 Å². The Bertz CT molecular complexity index is 339. The normalized spacial score (nSPS) is 42.9. The molecule has 3 aliphatic carbocycles. The zero-order valence-corrected chi connectivity index (χ0v) is 9.92. The van der Waals surface area contributed by atoms with Crippen molar-refractivity contribution in [3.05, 3.63) is 36.5 Å². The lowest BCUT2D eigenvalue weighted by molar-refractivity contribution is -0.0529. The molecule has 0 spiro atoms. The minimum absolute atomic E-state index is 0.0312. The fraction of sp³-hybridized carbons (Fsp3) is 0.571. The van der Waals surface area contributed by atoms with E-state index in [2.05, 4.69) is 38.7 Å². The second-order valence-electron chi connectivity index (χ2n) is 5.25. The number of methoxy groups -OCH3 is 1. The van der Waals surface area contributed by atoms with Crippen LogP contribution >= 0.6 is 0 Å². The predicted octanol–water partition coefficient (Wildman–Crippen LogP) is 3.49. The molecule has 0 N–H and O–H groups in total. The molecule has 1 heteroatoms. The van der Waals surface area contributed by atoms with Crippen LogP contribution in [0.2, 0.25) is 0 Å². The Balaban J connectivity index is 2.39. The third-order valence-electron chi connectivity index (χ3n) is 3.82. The van der Waals surface area contributed by atoms with Crippen molar-refractivity contribution in [3.8, 4) is 0 Å². The zero-order valence-electron chi connectivity index (χ0n) is 9.92. The highest BCUT2D eigenvalue weighted by molar-refractivity contribution is 5.36. The van der Waals surface area contributed by atoms with Crippen LogP contribution in [-0.2, 0) is 4.74 Å². The fourth-order valence-electron chi connectivity index (χ4n) is 3.12. The summed E-state index contributed by atoms with van der Waals surface area (Å²) in [5, 5.41) is 0. The van der Waals surface area contributed by atoms with Gasteiger partial charge in [-0.3, -0.25) is 0 Å². The molecule has 0 aliphatic heterocycles. The minimum Gasteiger partial charge on any atom is -0.378 e. The van der Waals surface area contributed by atoms with Crippen molar-refractivity contribution in [3.63, 3.8) is 0 Å². The zero-order chi connectivity index (χ0) is 11.1. The molecule has 0 fully saturated rings. The van der Waals surface area contributed by atoms with Crippen molar-refractivity contribution in [2.75, 3.05) is 7.11 Å². The van der Waals surface area contributed by atoms with Crippen LogP contribution in [0.4, 0.5) is 0 Å². The van der Waals surface area contributed by atoms with Gasteiger partial charge in [-0.25, -0.2) is 0 Å². The Kier molecular flexibility index (Phi) is 2.38. The van der Waals surface area contributed by atoms with Gasteiger partial charge in [-0.2, -0.15) is 0 Å².